The van der Waals surface area contributed by atoms with Crippen LogP contribution in [0, 0.1) is 0 Å². The lowest BCUT2D eigenvalue weighted by atomic mass is 10.1. The number of rotatable bonds is 1. The highest BCUT2D eigenvalue weighted by molar-refractivity contribution is 6.12. The number of hydrogen-bond donors (Lipinski definition) is 1. The summed E-state index contributed by atoms with van der Waals surface area (Å²) in [6.45, 7) is 0.997. The van der Waals surface area contributed by atoms with Crippen LogP contribution in [0.25, 0.3) is 0 Å². The van der Waals surface area contributed by atoms with Crippen molar-refractivity contribution < 1.29 is 9.53 Å². The molecule has 1 N–H and O–H groups in total. The summed E-state index contributed by atoms with van der Waals surface area (Å²) >= 11 is 0. The molecule has 0 aliphatic carbocycles. The van der Waals surface area contributed by atoms with Crippen molar-refractivity contribution in [2.24, 2.45) is 4.99 Å². The monoisotopic (exact) mass is 253 g/mol. The molecule has 0 fully saturated rings. The maximum atomic E-state index is 11.2. The summed E-state index contributed by atoms with van der Waals surface area (Å²) in [5, 5.41) is 3.12. The van der Waals surface area contributed by atoms with Crippen molar-refractivity contribution >= 4 is 30.0 Å². The van der Waals surface area contributed by atoms with E-state index in [0.717, 1.165) is 17.0 Å². The number of anilines is 1. The molecule has 0 unspecified atom stereocenters. The summed E-state index contributed by atoms with van der Waals surface area (Å²) in [4.78, 5) is 17.1. The zero-order valence-corrected chi connectivity index (χ0v) is 10.1. The molecule has 5 nitrogen and oxygen atoms in total. The first-order chi connectivity index (χ1) is 7.78. The minimum Gasteiger partial charge on any atom is -0.497 e. The maximum Gasteiger partial charge on any atom is 0.268 e. The van der Waals surface area contributed by atoms with Crippen LogP contribution in [-0.4, -0.2) is 25.5 Å². The van der Waals surface area contributed by atoms with Gasteiger partial charge in [0.15, 0.2) is 0 Å². The van der Waals surface area contributed by atoms with Gasteiger partial charge in [0, 0.05) is 12.2 Å². The number of halogens is 1. The number of guanidine groups is 1. The number of nitrogens with zero attached hydrogens (tertiary/aromatic N) is 2. The Morgan fingerprint density at radius 2 is 2.29 bits per heavy atom. The van der Waals surface area contributed by atoms with Gasteiger partial charge in [-0.3, -0.25) is 4.79 Å². The highest BCUT2D eigenvalue weighted by Gasteiger charge is 2.29. The number of fused-ring (bicyclic) bond motifs is 3. The third kappa shape index (κ3) is 1.82. The second-order valence-corrected chi connectivity index (χ2v) is 3.76. The van der Waals surface area contributed by atoms with Crippen LogP contribution < -0.4 is 15.0 Å². The molecule has 0 bridgehead atoms. The zero-order chi connectivity index (χ0) is 11.1. The van der Waals surface area contributed by atoms with Crippen molar-refractivity contribution in [3.05, 3.63) is 23.8 Å². The molecular formula is C11H12ClN3O2. The number of ether oxygens (including phenoxy) is 1. The Morgan fingerprint density at radius 3 is 3.06 bits per heavy atom. The fourth-order valence-electron chi connectivity index (χ4n) is 2.03. The van der Waals surface area contributed by atoms with E-state index in [1.807, 2.05) is 23.1 Å². The topological polar surface area (TPSA) is 53.9 Å². The number of carbonyl (C=O) groups is 1. The van der Waals surface area contributed by atoms with Gasteiger partial charge in [0.2, 0.25) is 5.96 Å². The number of benzene rings is 1. The number of carbonyl (C=O) groups excluding carboxylic acids is 1. The first kappa shape index (κ1) is 11.7. The van der Waals surface area contributed by atoms with Gasteiger partial charge in [-0.25, -0.2) is 0 Å². The summed E-state index contributed by atoms with van der Waals surface area (Å²) in [6.07, 6.45) is 0. The van der Waals surface area contributed by atoms with Gasteiger partial charge in [0.1, 0.15) is 12.3 Å². The van der Waals surface area contributed by atoms with Gasteiger partial charge in [0.25, 0.3) is 5.91 Å². The molecule has 2 aliphatic heterocycles. The molecule has 1 aromatic rings. The predicted octanol–water partition coefficient (Wildman–Crippen LogP) is 0.923. The molecule has 0 saturated carbocycles. The molecule has 0 atom stereocenters. The SMILES string of the molecule is COc1ccc2c(c1)CNC1=NC(=O)CN12.Cl. The number of methoxy groups -OCH3 is 1. The minimum atomic E-state index is -0.105. The summed E-state index contributed by atoms with van der Waals surface area (Å²) in [7, 11) is 1.64. The lowest BCUT2D eigenvalue weighted by Gasteiger charge is -2.28. The molecule has 0 aromatic heterocycles. The van der Waals surface area contributed by atoms with Crippen molar-refractivity contribution in [1.82, 2.24) is 5.32 Å². The number of amides is 1. The van der Waals surface area contributed by atoms with E-state index in [-0.39, 0.29) is 18.3 Å². The zero-order valence-electron chi connectivity index (χ0n) is 9.27. The van der Waals surface area contributed by atoms with Crippen LogP contribution in [0.1, 0.15) is 5.56 Å². The van der Waals surface area contributed by atoms with E-state index in [2.05, 4.69) is 10.3 Å². The fraction of sp³-hybridized carbons (Fsp3) is 0.273. The van der Waals surface area contributed by atoms with Gasteiger partial charge in [-0.05, 0) is 23.8 Å². The Hall–Kier alpha value is -1.75. The number of aliphatic imine (C=N–C) groups is 1. The first-order valence-corrected chi connectivity index (χ1v) is 5.08. The minimum absolute atomic E-state index is 0. The Balaban J connectivity index is 0.00000108. The van der Waals surface area contributed by atoms with Gasteiger partial charge in [-0.2, -0.15) is 4.99 Å². The van der Waals surface area contributed by atoms with E-state index < -0.39 is 0 Å². The number of nitrogens with one attached hydrogen (secondary N) is 1. The Morgan fingerprint density at radius 1 is 1.47 bits per heavy atom. The second-order valence-electron chi connectivity index (χ2n) is 3.76. The lowest BCUT2D eigenvalue weighted by Crippen LogP contribution is -2.42. The highest BCUT2D eigenvalue weighted by Crippen LogP contribution is 2.29. The molecule has 0 saturated heterocycles. The molecule has 2 heterocycles. The maximum absolute atomic E-state index is 11.2. The van der Waals surface area contributed by atoms with E-state index in [1.165, 1.54) is 0 Å². The normalized spacial score (nSPS) is 16.4. The molecule has 1 aromatic carbocycles. The van der Waals surface area contributed by atoms with E-state index >= 15 is 0 Å². The van der Waals surface area contributed by atoms with Crippen LogP contribution in [0.3, 0.4) is 0 Å². The smallest absolute Gasteiger partial charge is 0.268 e. The van der Waals surface area contributed by atoms with Crippen LogP contribution in [0.5, 0.6) is 5.75 Å². The van der Waals surface area contributed by atoms with E-state index in [9.17, 15) is 4.79 Å². The summed E-state index contributed by atoms with van der Waals surface area (Å²) in [6, 6.07) is 5.83. The first-order valence-electron chi connectivity index (χ1n) is 5.08. The largest absolute Gasteiger partial charge is 0.497 e. The van der Waals surface area contributed by atoms with Crippen LogP contribution in [-0.2, 0) is 11.3 Å². The molecule has 90 valence electrons. The molecule has 0 spiro atoms. The Kier molecular flexibility index (Phi) is 2.93. The van der Waals surface area contributed by atoms with Crippen molar-refractivity contribution in [2.75, 3.05) is 18.6 Å². The Bertz CT molecular complexity index is 501. The van der Waals surface area contributed by atoms with Gasteiger partial charge < -0.3 is 15.0 Å². The van der Waals surface area contributed by atoms with Crippen molar-refractivity contribution in [1.29, 1.82) is 0 Å². The van der Waals surface area contributed by atoms with Crippen molar-refractivity contribution in [2.45, 2.75) is 6.54 Å². The molecule has 2 aliphatic rings. The van der Waals surface area contributed by atoms with E-state index in [1.54, 1.807) is 7.11 Å². The van der Waals surface area contributed by atoms with Crippen molar-refractivity contribution in [3.8, 4) is 5.75 Å². The van der Waals surface area contributed by atoms with Crippen molar-refractivity contribution in [3.63, 3.8) is 0 Å². The molecular weight excluding hydrogens is 242 g/mol. The van der Waals surface area contributed by atoms with Gasteiger partial charge in [-0.1, -0.05) is 0 Å². The lowest BCUT2D eigenvalue weighted by molar-refractivity contribution is -0.115. The van der Waals surface area contributed by atoms with Crippen LogP contribution in [0.2, 0.25) is 0 Å². The molecule has 1 amide bonds. The third-order valence-corrected chi connectivity index (χ3v) is 2.79. The summed E-state index contributed by atoms with van der Waals surface area (Å²) in [5.74, 6) is 1.38. The van der Waals surface area contributed by atoms with Gasteiger partial charge in [0.05, 0.1) is 7.11 Å². The van der Waals surface area contributed by atoms with Gasteiger partial charge in [-0.15, -0.1) is 12.4 Å². The summed E-state index contributed by atoms with van der Waals surface area (Å²) < 4.78 is 5.17. The molecule has 3 rings (SSSR count). The second kappa shape index (κ2) is 4.25. The van der Waals surface area contributed by atoms with E-state index in [0.29, 0.717) is 19.0 Å². The fourth-order valence-corrected chi connectivity index (χ4v) is 2.03. The third-order valence-electron chi connectivity index (χ3n) is 2.79. The van der Waals surface area contributed by atoms with Gasteiger partial charge >= 0.3 is 0 Å². The highest BCUT2D eigenvalue weighted by atomic mass is 35.5. The van der Waals surface area contributed by atoms with Crippen LogP contribution >= 0.6 is 12.4 Å². The summed E-state index contributed by atoms with van der Waals surface area (Å²) in [5.41, 5.74) is 2.15. The van der Waals surface area contributed by atoms with Crippen LogP contribution in [0.15, 0.2) is 23.2 Å². The molecule has 6 heteroatoms. The Labute approximate surface area is 105 Å². The predicted molar refractivity (Wildman–Crippen MR) is 66.9 cm³/mol. The van der Waals surface area contributed by atoms with E-state index in [4.69, 9.17) is 4.74 Å². The average Bonchev–Trinajstić information content (AvgIpc) is 2.69. The quantitative estimate of drug-likeness (QED) is 0.809. The average molecular weight is 254 g/mol. The van der Waals surface area contributed by atoms with Crippen LogP contribution in [0.4, 0.5) is 5.69 Å². The standard InChI is InChI=1S/C11H11N3O2.ClH/c1-16-8-2-3-9-7(4-8)5-12-11-13-10(15)6-14(9)11;/h2-4H,5-6H2,1H3,(H,12,13,15);1H. The molecule has 17 heavy (non-hydrogen) atoms. The number of hydrogen-bond acceptors (Lipinski definition) is 4. The molecule has 0 radical (unpaired) electrons.